The van der Waals surface area contributed by atoms with Crippen molar-refractivity contribution in [3.63, 3.8) is 0 Å². The molecular weight excluding hydrogens is 180 g/mol. The zero-order valence-electron chi connectivity index (χ0n) is 9.20. The van der Waals surface area contributed by atoms with Gasteiger partial charge in [0, 0.05) is 0 Å². The Labute approximate surface area is 86.1 Å². The number of hydrogen-bond acceptors (Lipinski definition) is 2. The van der Waals surface area contributed by atoms with Crippen LogP contribution in [0.25, 0.3) is 0 Å². The van der Waals surface area contributed by atoms with Crippen molar-refractivity contribution in [1.29, 1.82) is 0 Å². The molecule has 2 N–H and O–H groups in total. The highest BCUT2D eigenvalue weighted by atomic mass is 16.4. The lowest BCUT2D eigenvalue weighted by Gasteiger charge is -2.12. The maximum atomic E-state index is 10.5. The normalized spacial score (nSPS) is 15.1. The summed E-state index contributed by atoms with van der Waals surface area (Å²) in [5, 5.41) is 18.1. The first-order valence-electron chi connectivity index (χ1n) is 5.48. The number of carboxylic acids is 1. The van der Waals surface area contributed by atoms with Crippen LogP contribution in [0.3, 0.4) is 0 Å². The average molecular weight is 202 g/mol. The van der Waals surface area contributed by atoms with Gasteiger partial charge in [-0.2, -0.15) is 0 Å². The van der Waals surface area contributed by atoms with E-state index in [1.165, 1.54) is 12.8 Å². The highest BCUT2D eigenvalue weighted by Crippen LogP contribution is 2.12. The van der Waals surface area contributed by atoms with E-state index < -0.39 is 18.0 Å². The molecule has 0 aliphatic heterocycles. The quantitative estimate of drug-likeness (QED) is 0.594. The van der Waals surface area contributed by atoms with Crippen molar-refractivity contribution >= 4 is 5.97 Å². The van der Waals surface area contributed by atoms with Crippen LogP contribution in [-0.2, 0) is 4.79 Å². The summed E-state index contributed by atoms with van der Waals surface area (Å²) in [4.78, 5) is 10.5. The molecule has 0 aliphatic rings. The van der Waals surface area contributed by atoms with E-state index in [-0.39, 0.29) is 0 Å². The molecule has 3 nitrogen and oxygen atoms in total. The first-order valence-corrected chi connectivity index (χ1v) is 5.48. The van der Waals surface area contributed by atoms with Crippen LogP contribution < -0.4 is 0 Å². The van der Waals surface area contributed by atoms with Crippen LogP contribution in [0.4, 0.5) is 0 Å². The lowest BCUT2D eigenvalue weighted by atomic mass is 9.99. The number of aliphatic hydroxyl groups excluding tert-OH is 1. The Balaban J connectivity index is 3.45. The highest BCUT2D eigenvalue weighted by molar-refractivity contribution is 5.69. The molecule has 0 radical (unpaired) electrons. The molecule has 0 fully saturated rings. The minimum Gasteiger partial charge on any atom is -0.481 e. The van der Waals surface area contributed by atoms with Gasteiger partial charge >= 0.3 is 5.97 Å². The molecule has 3 heteroatoms. The van der Waals surface area contributed by atoms with Gasteiger partial charge in [0.15, 0.2) is 0 Å². The Bertz CT molecular complexity index is 157. The van der Waals surface area contributed by atoms with Crippen molar-refractivity contribution in [2.24, 2.45) is 5.92 Å². The van der Waals surface area contributed by atoms with E-state index in [2.05, 4.69) is 6.92 Å². The summed E-state index contributed by atoms with van der Waals surface area (Å²) in [6, 6.07) is 0. The molecule has 2 atom stereocenters. The second kappa shape index (κ2) is 7.80. The zero-order valence-corrected chi connectivity index (χ0v) is 9.20. The Kier molecular flexibility index (Phi) is 7.48. The van der Waals surface area contributed by atoms with Crippen LogP contribution in [0, 0.1) is 5.92 Å². The van der Waals surface area contributed by atoms with E-state index in [4.69, 9.17) is 5.11 Å². The lowest BCUT2D eigenvalue weighted by Crippen LogP contribution is -2.18. The third-order valence-electron chi connectivity index (χ3n) is 2.44. The molecule has 0 heterocycles. The summed E-state index contributed by atoms with van der Waals surface area (Å²) in [5.74, 6) is -1.26. The summed E-state index contributed by atoms with van der Waals surface area (Å²) in [5.41, 5.74) is 0. The van der Waals surface area contributed by atoms with Crippen molar-refractivity contribution in [3.05, 3.63) is 0 Å². The SMILES string of the molecule is CCCCCCC(O)CC(C)C(=O)O. The molecule has 0 aromatic heterocycles. The first kappa shape index (κ1) is 13.4. The fraction of sp³-hybridized carbons (Fsp3) is 0.909. The van der Waals surface area contributed by atoms with Crippen LogP contribution in [0.5, 0.6) is 0 Å². The molecule has 0 saturated carbocycles. The predicted octanol–water partition coefficient (Wildman–Crippen LogP) is 2.43. The molecular formula is C11H22O3. The number of carboxylic acid groups (broad SMARTS) is 1. The predicted molar refractivity (Wildman–Crippen MR) is 56.2 cm³/mol. The zero-order chi connectivity index (χ0) is 11.0. The molecule has 0 saturated heterocycles. The van der Waals surface area contributed by atoms with E-state index in [1.54, 1.807) is 6.92 Å². The summed E-state index contributed by atoms with van der Waals surface area (Å²) in [6.45, 7) is 3.78. The minimum absolute atomic E-state index is 0.376. The molecule has 0 amide bonds. The van der Waals surface area contributed by atoms with Gasteiger partial charge < -0.3 is 10.2 Å². The summed E-state index contributed by atoms with van der Waals surface area (Å²) >= 11 is 0. The van der Waals surface area contributed by atoms with Crippen LogP contribution in [-0.4, -0.2) is 22.3 Å². The topological polar surface area (TPSA) is 57.5 Å². The van der Waals surface area contributed by atoms with Gasteiger partial charge in [-0.25, -0.2) is 0 Å². The summed E-state index contributed by atoms with van der Waals surface area (Å²) < 4.78 is 0. The number of carbonyl (C=O) groups is 1. The largest absolute Gasteiger partial charge is 0.481 e. The standard InChI is InChI=1S/C11H22O3/c1-3-4-5-6-7-10(12)8-9(2)11(13)14/h9-10,12H,3-8H2,1-2H3,(H,13,14). The van der Waals surface area contributed by atoms with Crippen LogP contribution in [0.15, 0.2) is 0 Å². The monoisotopic (exact) mass is 202 g/mol. The van der Waals surface area contributed by atoms with Crippen molar-refractivity contribution in [2.75, 3.05) is 0 Å². The van der Waals surface area contributed by atoms with E-state index in [9.17, 15) is 9.90 Å². The van der Waals surface area contributed by atoms with Crippen molar-refractivity contribution in [2.45, 2.75) is 58.5 Å². The second-order valence-electron chi connectivity index (χ2n) is 3.98. The van der Waals surface area contributed by atoms with E-state index in [0.29, 0.717) is 6.42 Å². The third kappa shape index (κ3) is 6.89. The maximum Gasteiger partial charge on any atom is 0.306 e. The maximum absolute atomic E-state index is 10.5. The number of rotatable bonds is 8. The Hall–Kier alpha value is -0.570. The molecule has 14 heavy (non-hydrogen) atoms. The number of aliphatic carboxylic acids is 1. The third-order valence-corrected chi connectivity index (χ3v) is 2.44. The highest BCUT2D eigenvalue weighted by Gasteiger charge is 2.15. The van der Waals surface area contributed by atoms with Gasteiger partial charge in [0.2, 0.25) is 0 Å². The summed E-state index contributed by atoms with van der Waals surface area (Å²) in [7, 11) is 0. The molecule has 0 aliphatic carbocycles. The van der Waals surface area contributed by atoms with E-state index in [0.717, 1.165) is 19.3 Å². The Morgan fingerprint density at radius 2 is 1.93 bits per heavy atom. The number of aliphatic hydroxyl groups is 1. The Morgan fingerprint density at radius 1 is 1.29 bits per heavy atom. The molecule has 0 rings (SSSR count). The van der Waals surface area contributed by atoms with Gasteiger partial charge in [-0.05, 0) is 12.8 Å². The molecule has 0 bridgehead atoms. The minimum atomic E-state index is -0.822. The Morgan fingerprint density at radius 3 is 2.43 bits per heavy atom. The van der Waals surface area contributed by atoms with E-state index >= 15 is 0 Å². The fourth-order valence-electron chi connectivity index (χ4n) is 1.43. The van der Waals surface area contributed by atoms with Crippen molar-refractivity contribution in [3.8, 4) is 0 Å². The van der Waals surface area contributed by atoms with Gasteiger partial charge in [-0.15, -0.1) is 0 Å². The second-order valence-corrected chi connectivity index (χ2v) is 3.98. The van der Waals surface area contributed by atoms with Crippen LogP contribution in [0.2, 0.25) is 0 Å². The van der Waals surface area contributed by atoms with Gasteiger partial charge in [0.25, 0.3) is 0 Å². The first-order chi connectivity index (χ1) is 6.57. The van der Waals surface area contributed by atoms with Crippen LogP contribution >= 0.6 is 0 Å². The number of hydrogen-bond donors (Lipinski definition) is 2. The molecule has 0 aromatic rings. The van der Waals surface area contributed by atoms with Crippen molar-refractivity contribution in [1.82, 2.24) is 0 Å². The molecule has 2 unspecified atom stereocenters. The summed E-state index contributed by atoms with van der Waals surface area (Å²) in [6.07, 6.45) is 5.18. The van der Waals surface area contributed by atoms with Crippen molar-refractivity contribution < 1.29 is 15.0 Å². The van der Waals surface area contributed by atoms with E-state index in [1.807, 2.05) is 0 Å². The molecule has 0 aromatic carbocycles. The smallest absolute Gasteiger partial charge is 0.306 e. The molecule has 0 spiro atoms. The van der Waals surface area contributed by atoms with Gasteiger partial charge in [0.05, 0.1) is 12.0 Å². The van der Waals surface area contributed by atoms with Gasteiger partial charge in [0.1, 0.15) is 0 Å². The van der Waals surface area contributed by atoms with Crippen LogP contribution in [0.1, 0.15) is 52.4 Å². The lowest BCUT2D eigenvalue weighted by molar-refractivity contribution is -0.142. The van der Waals surface area contributed by atoms with Gasteiger partial charge in [-0.1, -0.05) is 39.5 Å². The average Bonchev–Trinajstić information content (AvgIpc) is 2.12. The fourth-order valence-corrected chi connectivity index (χ4v) is 1.43. The van der Waals surface area contributed by atoms with Gasteiger partial charge in [-0.3, -0.25) is 4.79 Å². The molecule has 84 valence electrons. The number of unbranched alkanes of at least 4 members (excludes halogenated alkanes) is 3.